The van der Waals surface area contributed by atoms with Crippen molar-refractivity contribution in [1.29, 1.82) is 0 Å². The molecule has 1 aromatic heterocycles. The van der Waals surface area contributed by atoms with Gasteiger partial charge in [-0.05, 0) is 33.4 Å². The highest BCUT2D eigenvalue weighted by Crippen LogP contribution is 2.27. The molecule has 1 atom stereocenters. The number of carbonyl (C=O) groups excluding carboxylic acids is 1. The minimum absolute atomic E-state index is 0.196. The molecule has 1 aromatic rings. The van der Waals surface area contributed by atoms with Gasteiger partial charge in [-0.25, -0.2) is 4.98 Å². The third kappa shape index (κ3) is 2.89. The van der Waals surface area contributed by atoms with Gasteiger partial charge in [0.05, 0.1) is 12.1 Å². The summed E-state index contributed by atoms with van der Waals surface area (Å²) in [4.78, 5) is 17.9. The van der Waals surface area contributed by atoms with E-state index in [1.54, 1.807) is 18.3 Å². The molecule has 0 amide bonds. The number of likely N-dealkylation sites (tertiary alicyclic amines) is 1. The van der Waals surface area contributed by atoms with Gasteiger partial charge in [-0.3, -0.25) is 4.79 Å². The highest BCUT2D eigenvalue weighted by Gasteiger charge is 2.21. The lowest BCUT2D eigenvalue weighted by atomic mass is 9.96. The number of hydrogen-bond donors (Lipinski definition) is 0. The Kier molecular flexibility index (Phi) is 3.71. The molecule has 4 heteroatoms. The maximum Gasteiger partial charge on any atom is 0.136 e. The van der Waals surface area contributed by atoms with Crippen molar-refractivity contribution in [2.45, 2.75) is 32.1 Å². The lowest BCUT2D eigenvalue weighted by Gasteiger charge is -2.28. The largest absolute Gasteiger partial charge is 0.306 e. The first kappa shape index (κ1) is 11.7. The lowest BCUT2D eigenvalue weighted by Crippen LogP contribution is -2.30. The number of Topliss-reactive ketones (excluding diaryl/α,β-unsaturated/α-hetero) is 1. The molecule has 1 aliphatic rings. The standard InChI is InChI=1S/C12H18N2OS/c1-9(15)6-12-13-11(8-16-12)10-4-3-5-14(2)7-10/h8,10H,3-7H2,1-2H3. The van der Waals surface area contributed by atoms with Crippen molar-refractivity contribution in [2.75, 3.05) is 20.1 Å². The van der Waals surface area contributed by atoms with Crippen LogP contribution in [0.5, 0.6) is 0 Å². The zero-order valence-corrected chi connectivity index (χ0v) is 10.7. The van der Waals surface area contributed by atoms with Gasteiger partial charge in [0.15, 0.2) is 0 Å². The summed E-state index contributed by atoms with van der Waals surface area (Å²) in [5.41, 5.74) is 1.19. The fourth-order valence-corrected chi connectivity index (χ4v) is 3.16. The van der Waals surface area contributed by atoms with Crippen molar-refractivity contribution in [2.24, 2.45) is 0 Å². The summed E-state index contributed by atoms with van der Waals surface area (Å²) in [5, 5.41) is 3.10. The smallest absolute Gasteiger partial charge is 0.136 e. The molecule has 1 aliphatic heterocycles. The van der Waals surface area contributed by atoms with E-state index in [2.05, 4.69) is 22.3 Å². The topological polar surface area (TPSA) is 33.2 Å². The average molecular weight is 238 g/mol. The minimum Gasteiger partial charge on any atom is -0.306 e. The van der Waals surface area contributed by atoms with E-state index in [0.717, 1.165) is 11.6 Å². The van der Waals surface area contributed by atoms with E-state index >= 15 is 0 Å². The van der Waals surface area contributed by atoms with Crippen LogP contribution >= 0.6 is 11.3 Å². The van der Waals surface area contributed by atoms with Crippen molar-refractivity contribution < 1.29 is 4.79 Å². The summed E-state index contributed by atoms with van der Waals surface area (Å²) in [6, 6.07) is 0. The summed E-state index contributed by atoms with van der Waals surface area (Å²) in [6.07, 6.45) is 2.97. The Labute approximate surface area is 100 Å². The van der Waals surface area contributed by atoms with Crippen LogP contribution in [0.15, 0.2) is 5.38 Å². The van der Waals surface area contributed by atoms with E-state index in [0.29, 0.717) is 12.3 Å². The van der Waals surface area contributed by atoms with Crippen molar-refractivity contribution in [1.82, 2.24) is 9.88 Å². The Morgan fingerprint density at radius 1 is 1.69 bits per heavy atom. The van der Waals surface area contributed by atoms with Gasteiger partial charge in [0.2, 0.25) is 0 Å². The highest BCUT2D eigenvalue weighted by molar-refractivity contribution is 7.09. The SMILES string of the molecule is CC(=O)Cc1nc(C2CCCN(C)C2)cs1. The maximum atomic E-state index is 11.0. The zero-order valence-electron chi connectivity index (χ0n) is 9.90. The molecule has 2 rings (SSSR count). The molecule has 16 heavy (non-hydrogen) atoms. The molecule has 0 saturated carbocycles. The molecular formula is C12H18N2OS. The van der Waals surface area contributed by atoms with Crippen LogP contribution in [-0.4, -0.2) is 35.8 Å². The predicted octanol–water partition coefficient (Wildman–Crippen LogP) is 2.08. The van der Waals surface area contributed by atoms with Crippen LogP contribution in [0.3, 0.4) is 0 Å². The van der Waals surface area contributed by atoms with Gasteiger partial charge in [-0.2, -0.15) is 0 Å². The van der Waals surface area contributed by atoms with Gasteiger partial charge < -0.3 is 4.90 Å². The van der Waals surface area contributed by atoms with Gasteiger partial charge in [0.1, 0.15) is 10.8 Å². The fraction of sp³-hybridized carbons (Fsp3) is 0.667. The number of hydrogen-bond acceptors (Lipinski definition) is 4. The van der Waals surface area contributed by atoms with E-state index in [-0.39, 0.29) is 5.78 Å². The molecular weight excluding hydrogens is 220 g/mol. The molecule has 88 valence electrons. The first-order valence-electron chi connectivity index (χ1n) is 5.77. The van der Waals surface area contributed by atoms with Gasteiger partial charge in [0, 0.05) is 17.8 Å². The monoisotopic (exact) mass is 238 g/mol. The van der Waals surface area contributed by atoms with Crippen LogP contribution in [0.4, 0.5) is 0 Å². The normalized spacial score (nSPS) is 22.2. The number of piperidine rings is 1. The number of aromatic nitrogens is 1. The molecule has 0 N–H and O–H groups in total. The summed E-state index contributed by atoms with van der Waals surface area (Å²) in [7, 11) is 2.16. The van der Waals surface area contributed by atoms with Gasteiger partial charge in [0.25, 0.3) is 0 Å². The van der Waals surface area contributed by atoms with E-state index in [4.69, 9.17) is 0 Å². The van der Waals surface area contributed by atoms with Crippen molar-refractivity contribution in [3.63, 3.8) is 0 Å². The quantitative estimate of drug-likeness (QED) is 0.808. The van der Waals surface area contributed by atoms with E-state index < -0.39 is 0 Å². The number of carbonyl (C=O) groups is 1. The van der Waals surface area contributed by atoms with Gasteiger partial charge >= 0.3 is 0 Å². The molecule has 0 bridgehead atoms. The second kappa shape index (κ2) is 5.06. The number of thiazole rings is 1. The van der Waals surface area contributed by atoms with Crippen molar-refractivity contribution >= 4 is 17.1 Å². The molecule has 3 nitrogen and oxygen atoms in total. The third-order valence-corrected chi connectivity index (χ3v) is 3.88. The lowest BCUT2D eigenvalue weighted by molar-refractivity contribution is -0.116. The van der Waals surface area contributed by atoms with Gasteiger partial charge in [-0.1, -0.05) is 0 Å². The summed E-state index contributed by atoms with van der Waals surface area (Å²) < 4.78 is 0. The number of ketones is 1. The molecule has 0 aromatic carbocycles. The van der Waals surface area contributed by atoms with Crippen molar-refractivity contribution in [3.8, 4) is 0 Å². The number of nitrogens with zero attached hydrogens (tertiary/aromatic N) is 2. The summed E-state index contributed by atoms with van der Waals surface area (Å²) >= 11 is 1.62. The Bertz CT molecular complexity index is 375. The average Bonchev–Trinajstić information content (AvgIpc) is 2.65. The van der Waals surface area contributed by atoms with Crippen LogP contribution in [-0.2, 0) is 11.2 Å². The second-order valence-electron chi connectivity index (χ2n) is 4.65. The van der Waals surface area contributed by atoms with Gasteiger partial charge in [-0.15, -0.1) is 11.3 Å². The number of likely N-dealkylation sites (N-methyl/N-ethyl adjacent to an activating group) is 1. The summed E-state index contributed by atoms with van der Waals surface area (Å²) in [5.74, 6) is 0.761. The molecule has 0 aliphatic carbocycles. The first-order chi connectivity index (χ1) is 7.65. The van der Waals surface area contributed by atoms with E-state index in [1.165, 1.54) is 25.1 Å². The van der Waals surface area contributed by atoms with Crippen LogP contribution in [0.1, 0.15) is 36.4 Å². The Morgan fingerprint density at radius 2 is 2.50 bits per heavy atom. The first-order valence-corrected chi connectivity index (χ1v) is 6.65. The second-order valence-corrected chi connectivity index (χ2v) is 5.59. The fourth-order valence-electron chi connectivity index (χ4n) is 2.21. The highest BCUT2D eigenvalue weighted by atomic mass is 32.1. The van der Waals surface area contributed by atoms with Crippen LogP contribution < -0.4 is 0 Å². The maximum absolute atomic E-state index is 11.0. The third-order valence-electron chi connectivity index (χ3n) is 3.01. The number of rotatable bonds is 3. The molecule has 1 unspecified atom stereocenters. The Morgan fingerprint density at radius 3 is 3.19 bits per heavy atom. The van der Waals surface area contributed by atoms with E-state index in [9.17, 15) is 4.79 Å². The van der Waals surface area contributed by atoms with Crippen LogP contribution in [0.2, 0.25) is 0 Å². The Hall–Kier alpha value is -0.740. The summed E-state index contributed by atoms with van der Waals surface area (Å²) in [6.45, 7) is 3.92. The Balaban J connectivity index is 2.03. The molecule has 0 spiro atoms. The van der Waals surface area contributed by atoms with Crippen LogP contribution in [0, 0.1) is 0 Å². The molecule has 1 fully saturated rings. The minimum atomic E-state index is 0.196. The molecule has 2 heterocycles. The predicted molar refractivity (Wildman–Crippen MR) is 66.0 cm³/mol. The molecule has 1 saturated heterocycles. The molecule has 0 radical (unpaired) electrons. The zero-order chi connectivity index (χ0) is 11.5. The van der Waals surface area contributed by atoms with E-state index in [1.807, 2.05) is 0 Å². The van der Waals surface area contributed by atoms with Crippen LogP contribution in [0.25, 0.3) is 0 Å². The van der Waals surface area contributed by atoms with Crippen molar-refractivity contribution in [3.05, 3.63) is 16.1 Å².